The number of para-hydroxylation sites is 1. The molecule has 2 aromatic rings. The Bertz CT molecular complexity index is 933. The molecule has 2 heterocycles. The fraction of sp³-hybridized carbons (Fsp3) is 0.286. The van der Waals surface area contributed by atoms with Crippen LogP contribution in [0.2, 0.25) is 0 Å². The van der Waals surface area contributed by atoms with Crippen LogP contribution in [-0.2, 0) is 16.1 Å². The topological polar surface area (TPSA) is 63.7 Å². The van der Waals surface area contributed by atoms with E-state index in [4.69, 9.17) is 4.74 Å². The molecule has 2 aromatic carbocycles. The first-order valence-corrected chi connectivity index (χ1v) is 10.0. The molecule has 2 aliphatic heterocycles. The van der Waals surface area contributed by atoms with Crippen LogP contribution in [0.4, 0.5) is 15.3 Å². The molecule has 2 atom stereocenters. The summed E-state index contributed by atoms with van der Waals surface area (Å²) in [5, 5.41) is -0.240. The lowest BCUT2D eigenvalue weighted by Crippen LogP contribution is -2.59. The summed E-state index contributed by atoms with van der Waals surface area (Å²) in [6, 6.07) is 16.1. The quantitative estimate of drug-likeness (QED) is 0.727. The predicted octanol–water partition coefficient (Wildman–Crippen LogP) is 4.18. The van der Waals surface area contributed by atoms with Crippen molar-refractivity contribution < 1.29 is 19.1 Å². The smallest absolute Gasteiger partial charge is 0.410 e. The molecule has 2 aliphatic rings. The number of rotatable bonds is 3. The molecule has 4 rings (SSSR count). The number of hydrogen-bond donors (Lipinski definition) is 0. The van der Waals surface area contributed by atoms with Crippen molar-refractivity contribution >= 4 is 34.7 Å². The van der Waals surface area contributed by atoms with Gasteiger partial charge in [0.25, 0.3) is 0 Å². The number of thioether (sulfide) groups is 1. The molecule has 0 N–H and O–H groups in total. The molecule has 1 saturated heterocycles. The van der Waals surface area contributed by atoms with Gasteiger partial charge in [0.2, 0.25) is 0 Å². The zero-order chi connectivity index (χ0) is 19.7. The van der Waals surface area contributed by atoms with Crippen LogP contribution in [0.25, 0.3) is 0 Å². The van der Waals surface area contributed by atoms with E-state index in [2.05, 4.69) is 0 Å². The summed E-state index contributed by atoms with van der Waals surface area (Å²) < 4.78 is 5.00. The Hall–Kier alpha value is -2.64. The zero-order valence-corrected chi connectivity index (χ0v) is 16.4. The Morgan fingerprint density at radius 1 is 1.14 bits per heavy atom. The summed E-state index contributed by atoms with van der Waals surface area (Å²) in [7, 11) is 1.62. The molecule has 1 unspecified atom stereocenters. The molecule has 0 radical (unpaired) electrons. The summed E-state index contributed by atoms with van der Waals surface area (Å²) >= 11 is 1.08. The molecule has 0 bridgehead atoms. The highest BCUT2D eigenvalue weighted by Crippen LogP contribution is 2.45. The van der Waals surface area contributed by atoms with Crippen LogP contribution in [0, 0.1) is 0 Å². The summed E-state index contributed by atoms with van der Waals surface area (Å²) in [5.74, 6) is -0.281. The maximum Gasteiger partial charge on any atom is 0.410 e. The lowest BCUT2D eigenvalue weighted by Gasteiger charge is -2.29. The fourth-order valence-corrected chi connectivity index (χ4v) is 4.81. The van der Waals surface area contributed by atoms with E-state index in [1.807, 2.05) is 48.5 Å². The third kappa shape index (κ3) is 3.10. The van der Waals surface area contributed by atoms with E-state index in [1.54, 1.807) is 13.1 Å². The monoisotopic (exact) mass is 397 g/mol. The Kier molecular flexibility index (Phi) is 4.95. The third-order valence-corrected chi connectivity index (χ3v) is 6.43. The highest BCUT2D eigenvalue weighted by atomic mass is 32.2. The molecular formula is C21H21N2O4S+. The number of ether oxygens (including phenoxy) is 1. The van der Waals surface area contributed by atoms with Gasteiger partial charge in [-0.05, 0) is 24.5 Å². The average molecular weight is 397 g/mol. The van der Waals surface area contributed by atoms with Crippen LogP contribution >= 0.6 is 11.8 Å². The fourth-order valence-electron chi connectivity index (χ4n) is 3.75. The van der Waals surface area contributed by atoms with E-state index in [0.29, 0.717) is 25.1 Å². The number of carbonyl (C=O) groups is 3. The Labute approximate surface area is 167 Å². The largest absolute Gasteiger partial charge is 0.445 e. The van der Waals surface area contributed by atoms with E-state index in [-0.39, 0.29) is 17.8 Å². The highest BCUT2D eigenvalue weighted by Gasteiger charge is 2.55. The summed E-state index contributed by atoms with van der Waals surface area (Å²) in [6.07, 6.45) is 0.728. The maximum atomic E-state index is 13.4. The SMILES string of the molecule is C[N+]1(C(=O)[C@@H]2CCCN2C(=O)OCc2ccccc2)C(=O)Sc2ccccc21. The summed E-state index contributed by atoms with van der Waals surface area (Å²) in [4.78, 5) is 41.0. The minimum absolute atomic E-state index is 0.154. The van der Waals surface area contributed by atoms with Crippen molar-refractivity contribution in [2.24, 2.45) is 0 Å². The third-order valence-electron chi connectivity index (χ3n) is 5.33. The van der Waals surface area contributed by atoms with Gasteiger partial charge in [0.1, 0.15) is 6.61 Å². The number of quaternary nitrogens is 1. The molecule has 0 aromatic heterocycles. The van der Waals surface area contributed by atoms with E-state index in [9.17, 15) is 14.4 Å². The van der Waals surface area contributed by atoms with Gasteiger partial charge in [0.05, 0.1) is 11.9 Å². The van der Waals surface area contributed by atoms with Gasteiger partial charge in [-0.2, -0.15) is 4.48 Å². The maximum absolute atomic E-state index is 13.4. The molecule has 1 fully saturated rings. The van der Waals surface area contributed by atoms with Crippen molar-refractivity contribution in [2.75, 3.05) is 13.6 Å². The second-order valence-electron chi connectivity index (χ2n) is 7.07. The number of benzene rings is 2. The summed E-state index contributed by atoms with van der Waals surface area (Å²) in [6.45, 7) is 0.605. The molecule has 0 aliphatic carbocycles. The number of hydrogen-bond acceptors (Lipinski definition) is 5. The minimum Gasteiger partial charge on any atom is -0.445 e. The number of carbonyl (C=O) groups excluding carboxylic acids is 3. The minimum atomic E-state index is -0.663. The number of amides is 3. The van der Waals surface area contributed by atoms with Crippen molar-refractivity contribution in [3.05, 3.63) is 60.2 Å². The Morgan fingerprint density at radius 3 is 2.64 bits per heavy atom. The highest BCUT2D eigenvalue weighted by molar-refractivity contribution is 8.14. The van der Waals surface area contributed by atoms with E-state index < -0.39 is 16.6 Å². The number of fused-ring (bicyclic) bond motifs is 1. The van der Waals surface area contributed by atoms with Crippen molar-refractivity contribution in [2.45, 2.75) is 30.4 Å². The molecule has 144 valence electrons. The Balaban J connectivity index is 1.52. The van der Waals surface area contributed by atoms with Gasteiger partial charge in [-0.15, -0.1) is 0 Å². The van der Waals surface area contributed by atoms with Gasteiger partial charge in [0.15, 0.2) is 11.7 Å². The standard InChI is InChI=1S/C21H21N2O4S/c1-23(17-11-5-6-12-18(17)28-21(23)26)19(24)16-10-7-13-22(16)20(25)27-14-15-8-3-2-4-9-15/h2-6,8-9,11-12,16H,7,10,13-14H2,1H3/q+1/t16-,23?/m0/s1. The molecule has 6 nitrogen and oxygen atoms in total. The van der Waals surface area contributed by atoms with Crippen molar-refractivity contribution in [1.82, 2.24) is 9.38 Å². The number of nitrogens with zero attached hydrogens (tertiary/aromatic N) is 2. The number of likely N-dealkylation sites (tertiary alicyclic amines) is 1. The van der Waals surface area contributed by atoms with Gasteiger partial charge < -0.3 is 4.74 Å². The Morgan fingerprint density at radius 2 is 1.86 bits per heavy atom. The molecule has 3 amide bonds. The van der Waals surface area contributed by atoms with Crippen molar-refractivity contribution in [3.63, 3.8) is 0 Å². The first-order valence-electron chi connectivity index (χ1n) is 9.22. The zero-order valence-electron chi connectivity index (χ0n) is 15.5. The van der Waals surface area contributed by atoms with Crippen molar-refractivity contribution in [3.8, 4) is 0 Å². The molecule has 7 heteroatoms. The molecule has 0 saturated carbocycles. The second-order valence-corrected chi connectivity index (χ2v) is 8.06. The number of likely N-dealkylation sites (N-methyl/N-ethyl adjacent to an activating group) is 1. The van der Waals surface area contributed by atoms with Crippen LogP contribution in [0.1, 0.15) is 18.4 Å². The van der Waals surface area contributed by atoms with Gasteiger partial charge in [-0.25, -0.2) is 14.4 Å². The summed E-state index contributed by atoms with van der Waals surface area (Å²) in [5.41, 5.74) is 1.56. The van der Waals surface area contributed by atoms with Crippen LogP contribution in [0.5, 0.6) is 0 Å². The van der Waals surface area contributed by atoms with Gasteiger partial charge >= 0.3 is 17.2 Å². The van der Waals surface area contributed by atoms with E-state index >= 15 is 0 Å². The lowest BCUT2D eigenvalue weighted by atomic mass is 10.1. The van der Waals surface area contributed by atoms with E-state index in [1.165, 1.54) is 4.90 Å². The van der Waals surface area contributed by atoms with Crippen LogP contribution in [-0.4, -0.2) is 41.8 Å². The molecular weight excluding hydrogens is 376 g/mol. The van der Waals surface area contributed by atoms with Crippen LogP contribution in [0.3, 0.4) is 0 Å². The van der Waals surface area contributed by atoms with Crippen LogP contribution in [0.15, 0.2) is 59.5 Å². The van der Waals surface area contributed by atoms with Crippen LogP contribution < -0.4 is 4.48 Å². The van der Waals surface area contributed by atoms with E-state index in [0.717, 1.165) is 22.2 Å². The first kappa shape index (κ1) is 18.7. The normalized spacial score (nSPS) is 23.5. The lowest BCUT2D eigenvalue weighted by molar-refractivity contribution is -0.130. The van der Waals surface area contributed by atoms with Gasteiger partial charge in [-0.1, -0.05) is 42.5 Å². The number of imide groups is 1. The van der Waals surface area contributed by atoms with Gasteiger partial charge in [0, 0.05) is 24.4 Å². The van der Waals surface area contributed by atoms with Crippen molar-refractivity contribution in [1.29, 1.82) is 0 Å². The van der Waals surface area contributed by atoms with Gasteiger partial charge in [-0.3, -0.25) is 4.90 Å². The second kappa shape index (κ2) is 7.41. The predicted molar refractivity (Wildman–Crippen MR) is 107 cm³/mol. The molecule has 28 heavy (non-hydrogen) atoms. The molecule has 0 spiro atoms. The first-order chi connectivity index (χ1) is 13.5. The average Bonchev–Trinajstić information content (AvgIpc) is 3.30.